The number of ketones is 1. The van der Waals surface area contributed by atoms with Gasteiger partial charge in [-0.3, -0.25) is 4.79 Å². The zero-order valence-electron chi connectivity index (χ0n) is 18.7. The quantitative estimate of drug-likeness (QED) is 0.668. The number of allylic oxidation sites excluding steroid dienone is 3. The highest BCUT2D eigenvalue weighted by Crippen LogP contribution is 2.45. The molecule has 0 unspecified atom stereocenters. The maximum atomic E-state index is 13.5. The predicted molar refractivity (Wildman–Crippen MR) is 127 cm³/mol. The molecule has 1 aliphatic carbocycles. The van der Waals surface area contributed by atoms with E-state index in [2.05, 4.69) is 5.32 Å². The molecule has 2 aromatic carbocycles. The molecule has 1 N–H and O–H groups in total. The number of Topliss-reactive ketones (excluding diaryl/α,β-unsaturated/α-hetero) is 1. The third kappa shape index (κ3) is 4.05. The van der Waals surface area contributed by atoms with Gasteiger partial charge >= 0.3 is 5.97 Å². The monoisotopic (exact) mass is 450 g/mol. The zero-order chi connectivity index (χ0) is 23.0. The van der Waals surface area contributed by atoms with Gasteiger partial charge in [-0.15, -0.1) is 0 Å². The number of dihydropyridines is 1. The molecular weight excluding hydrogens is 424 g/mol. The minimum Gasteiger partial charge on any atom is -0.466 e. The van der Waals surface area contributed by atoms with E-state index in [1.165, 1.54) is 7.11 Å². The predicted octanol–water partition coefficient (Wildman–Crippen LogP) is 4.94. The van der Waals surface area contributed by atoms with E-state index in [1.807, 2.05) is 74.4 Å². The number of anilines is 1. The second-order valence-corrected chi connectivity index (χ2v) is 8.98. The average molecular weight is 451 g/mol. The van der Waals surface area contributed by atoms with Crippen LogP contribution >= 0.6 is 11.6 Å². The lowest BCUT2D eigenvalue weighted by molar-refractivity contribution is -0.136. The summed E-state index contributed by atoms with van der Waals surface area (Å²) in [5, 5.41) is 4.03. The van der Waals surface area contributed by atoms with Crippen molar-refractivity contribution in [1.82, 2.24) is 5.32 Å². The number of esters is 1. The van der Waals surface area contributed by atoms with E-state index >= 15 is 0 Å². The lowest BCUT2D eigenvalue weighted by Gasteiger charge is -2.36. The third-order valence-electron chi connectivity index (χ3n) is 6.32. The largest absolute Gasteiger partial charge is 0.466 e. The molecule has 0 saturated heterocycles. The van der Waals surface area contributed by atoms with Gasteiger partial charge in [0.25, 0.3) is 0 Å². The van der Waals surface area contributed by atoms with Gasteiger partial charge in [-0.1, -0.05) is 35.9 Å². The van der Waals surface area contributed by atoms with Crippen molar-refractivity contribution in [3.05, 3.63) is 87.2 Å². The van der Waals surface area contributed by atoms with E-state index in [0.717, 1.165) is 28.2 Å². The summed E-state index contributed by atoms with van der Waals surface area (Å²) in [5.74, 6) is -0.756. The highest BCUT2D eigenvalue weighted by Gasteiger charge is 2.41. The first kappa shape index (κ1) is 22.2. The molecule has 2 aromatic rings. The average Bonchev–Trinajstić information content (AvgIpc) is 2.78. The normalized spacial score (nSPS) is 20.6. The molecule has 0 fully saturated rings. The van der Waals surface area contributed by atoms with Crippen LogP contribution in [0, 0.1) is 0 Å². The fourth-order valence-electron chi connectivity index (χ4n) is 4.69. The second kappa shape index (κ2) is 8.83. The highest BCUT2D eigenvalue weighted by molar-refractivity contribution is 6.30. The smallest absolute Gasteiger partial charge is 0.336 e. The summed E-state index contributed by atoms with van der Waals surface area (Å²) < 4.78 is 5.10. The van der Waals surface area contributed by atoms with E-state index in [4.69, 9.17) is 16.3 Å². The summed E-state index contributed by atoms with van der Waals surface area (Å²) in [4.78, 5) is 28.3. The Morgan fingerprint density at radius 3 is 2.25 bits per heavy atom. The van der Waals surface area contributed by atoms with Crippen molar-refractivity contribution < 1.29 is 14.3 Å². The molecule has 32 heavy (non-hydrogen) atoms. The molecule has 2 aliphatic rings. The van der Waals surface area contributed by atoms with Crippen molar-refractivity contribution in [2.45, 2.75) is 31.6 Å². The molecule has 0 radical (unpaired) electrons. The minimum absolute atomic E-state index is 0.0503. The van der Waals surface area contributed by atoms with Crippen LogP contribution < -0.4 is 10.2 Å². The number of hydrogen-bond donors (Lipinski definition) is 1. The number of benzene rings is 2. The molecule has 0 bridgehead atoms. The van der Waals surface area contributed by atoms with Gasteiger partial charge in [0.05, 0.1) is 12.7 Å². The van der Waals surface area contributed by atoms with Gasteiger partial charge < -0.3 is 15.0 Å². The molecule has 6 heteroatoms. The zero-order valence-corrected chi connectivity index (χ0v) is 19.5. The maximum absolute atomic E-state index is 13.5. The molecule has 0 amide bonds. The Hall–Kier alpha value is -3.05. The number of nitrogens with zero attached hydrogens (tertiary/aromatic N) is 1. The minimum atomic E-state index is -0.450. The third-order valence-corrected chi connectivity index (χ3v) is 6.57. The van der Waals surface area contributed by atoms with Crippen molar-refractivity contribution in [1.29, 1.82) is 0 Å². The van der Waals surface area contributed by atoms with E-state index in [1.54, 1.807) is 0 Å². The Kier molecular flexibility index (Phi) is 6.11. The van der Waals surface area contributed by atoms with E-state index in [9.17, 15) is 9.59 Å². The van der Waals surface area contributed by atoms with Crippen LogP contribution in [0.2, 0.25) is 5.02 Å². The molecule has 0 spiro atoms. The van der Waals surface area contributed by atoms with E-state index in [0.29, 0.717) is 29.0 Å². The summed E-state index contributed by atoms with van der Waals surface area (Å²) in [6.07, 6.45) is 1.09. The number of ether oxygens (including phenoxy) is 1. The Morgan fingerprint density at radius 2 is 1.66 bits per heavy atom. The first-order valence-corrected chi connectivity index (χ1v) is 11.0. The van der Waals surface area contributed by atoms with Crippen molar-refractivity contribution in [2.24, 2.45) is 0 Å². The number of carbonyl (C=O) groups excluding carboxylic acids is 2. The Balaban J connectivity index is 1.78. The molecule has 0 aromatic heterocycles. The SMILES string of the molecule is COC(=O)C1=C(C)NC2=C(C(=O)C[C@@H](c3ccc(Cl)cc3)C2)[C@H]1c1ccc(N(C)C)cc1. The van der Waals surface area contributed by atoms with Crippen LogP contribution in [0.25, 0.3) is 0 Å². The van der Waals surface area contributed by atoms with Gasteiger partial charge in [-0.2, -0.15) is 0 Å². The van der Waals surface area contributed by atoms with Gasteiger partial charge in [0.15, 0.2) is 5.78 Å². The first-order valence-electron chi connectivity index (χ1n) is 10.6. The molecule has 1 heterocycles. The molecule has 4 rings (SSSR count). The van der Waals surface area contributed by atoms with Crippen LogP contribution in [0.1, 0.15) is 42.7 Å². The maximum Gasteiger partial charge on any atom is 0.336 e. The van der Waals surface area contributed by atoms with E-state index < -0.39 is 11.9 Å². The van der Waals surface area contributed by atoms with Crippen LogP contribution in [0.15, 0.2) is 71.1 Å². The van der Waals surface area contributed by atoms with Gasteiger partial charge in [0.2, 0.25) is 0 Å². The van der Waals surface area contributed by atoms with Gasteiger partial charge in [0, 0.05) is 54.1 Å². The standard InChI is InChI=1S/C26H27ClN2O3/c1-15-23(26(31)32-4)24(17-7-11-20(12-8-17)29(2)3)25-21(28-15)13-18(14-22(25)30)16-5-9-19(27)10-6-16/h5-12,18,24,28H,13-14H2,1-4H3/t18-,24-/m0/s1. The van der Waals surface area contributed by atoms with Crippen molar-refractivity contribution in [3.63, 3.8) is 0 Å². The number of carbonyl (C=O) groups is 2. The van der Waals surface area contributed by atoms with Crippen LogP contribution in [0.5, 0.6) is 0 Å². The van der Waals surface area contributed by atoms with Crippen LogP contribution in [0.4, 0.5) is 5.69 Å². The first-order chi connectivity index (χ1) is 15.3. The number of nitrogens with one attached hydrogen (secondary N) is 1. The number of hydrogen-bond acceptors (Lipinski definition) is 5. The highest BCUT2D eigenvalue weighted by atomic mass is 35.5. The van der Waals surface area contributed by atoms with Crippen LogP contribution in [-0.2, 0) is 14.3 Å². The van der Waals surface area contributed by atoms with Crippen molar-refractivity contribution in [3.8, 4) is 0 Å². The molecule has 166 valence electrons. The molecular formula is C26H27ClN2O3. The topological polar surface area (TPSA) is 58.6 Å². The second-order valence-electron chi connectivity index (χ2n) is 8.55. The van der Waals surface area contributed by atoms with Gasteiger partial charge in [-0.25, -0.2) is 4.79 Å². The number of rotatable bonds is 4. The molecule has 1 aliphatic heterocycles. The summed E-state index contributed by atoms with van der Waals surface area (Å²) in [6.45, 7) is 1.87. The van der Waals surface area contributed by atoms with Crippen molar-refractivity contribution in [2.75, 3.05) is 26.1 Å². The molecule has 2 atom stereocenters. The van der Waals surface area contributed by atoms with Gasteiger partial charge in [0.1, 0.15) is 0 Å². The van der Waals surface area contributed by atoms with Gasteiger partial charge in [-0.05, 0) is 54.7 Å². The summed E-state index contributed by atoms with van der Waals surface area (Å²) in [6, 6.07) is 15.7. The number of halogens is 1. The van der Waals surface area contributed by atoms with Crippen molar-refractivity contribution >= 4 is 29.0 Å². The Morgan fingerprint density at radius 1 is 1.03 bits per heavy atom. The fourth-order valence-corrected chi connectivity index (χ4v) is 4.81. The summed E-state index contributed by atoms with van der Waals surface area (Å²) in [5.41, 5.74) is 5.80. The number of methoxy groups -OCH3 is 1. The Bertz CT molecular complexity index is 1110. The van der Waals surface area contributed by atoms with E-state index in [-0.39, 0.29) is 11.7 Å². The fraction of sp³-hybridized carbons (Fsp3) is 0.308. The molecule has 5 nitrogen and oxygen atoms in total. The lowest BCUT2D eigenvalue weighted by atomic mass is 9.71. The molecule has 0 saturated carbocycles. The van der Waals surface area contributed by atoms with Crippen LogP contribution in [-0.4, -0.2) is 33.0 Å². The Labute approximate surface area is 193 Å². The van der Waals surface area contributed by atoms with Crippen LogP contribution in [0.3, 0.4) is 0 Å². The lowest BCUT2D eigenvalue weighted by Crippen LogP contribution is -2.36. The summed E-state index contributed by atoms with van der Waals surface area (Å²) in [7, 11) is 5.33. The summed E-state index contributed by atoms with van der Waals surface area (Å²) >= 11 is 6.04.